The molecule has 0 aliphatic heterocycles. The number of benzene rings is 1. The minimum Gasteiger partial charge on any atom is -0.478 e. The van der Waals surface area contributed by atoms with E-state index in [1.807, 2.05) is 25.1 Å². The molecule has 0 amide bonds. The summed E-state index contributed by atoms with van der Waals surface area (Å²) in [5.41, 5.74) is 0.969. The predicted octanol–water partition coefficient (Wildman–Crippen LogP) is 4.10. The molecule has 0 unspecified atom stereocenters. The van der Waals surface area contributed by atoms with Crippen LogP contribution in [-0.2, 0) is 17.0 Å². The highest BCUT2D eigenvalue weighted by molar-refractivity contribution is 7.98. The number of carbonyl (C=O) groups is 1. The van der Waals surface area contributed by atoms with Crippen LogP contribution in [0.15, 0.2) is 41.3 Å². The van der Waals surface area contributed by atoms with Crippen LogP contribution in [0.3, 0.4) is 0 Å². The highest BCUT2D eigenvalue weighted by Gasteiger charge is 2.08. The molecule has 20 heavy (non-hydrogen) atoms. The molecule has 2 aromatic rings. The van der Waals surface area contributed by atoms with E-state index in [1.165, 1.54) is 11.0 Å². The van der Waals surface area contributed by atoms with Crippen LogP contribution < -0.4 is 0 Å². The van der Waals surface area contributed by atoms with Crippen molar-refractivity contribution in [1.82, 2.24) is 4.98 Å². The number of hydrogen-bond acceptors (Lipinski definition) is 4. The molecule has 1 heterocycles. The van der Waals surface area contributed by atoms with Crippen LogP contribution >= 0.6 is 23.1 Å². The summed E-state index contributed by atoms with van der Waals surface area (Å²) in [4.78, 5) is 17.3. The SMILES string of the molecule is CCc1nc(CSc2ccccc2)sc1/C=C/C(=O)O. The molecule has 2 rings (SSSR count). The number of hydrogen-bond donors (Lipinski definition) is 1. The van der Waals surface area contributed by atoms with E-state index in [0.29, 0.717) is 0 Å². The van der Waals surface area contributed by atoms with Crippen LogP contribution in [0.1, 0.15) is 22.5 Å². The van der Waals surface area contributed by atoms with Gasteiger partial charge >= 0.3 is 5.97 Å². The van der Waals surface area contributed by atoms with E-state index < -0.39 is 5.97 Å². The maximum absolute atomic E-state index is 10.6. The third kappa shape index (κ3) is 4.21. The van der Waals surface area contributed by atoms with E-state index in [-0.39, 0.29) is 0 Å². The molecule has 0 radical (unpaired) electrons. The monoisotopic (exact) mass is 305 g/mol. The van der Waals surface area contributed by atoms with Crippen LogP contribution in [0.4, 0.5) is 0 Å². The van der Waals surface area contributed by atoms with Crippen molar-refractivity contribution in [3.63, 3.8) is 0 Å². The van der Waals surface area contributed by atoms with Gasteiger partial charge in [0.15, 0.2) is 0 Å². The Morgan fingerprint density at radius 2 is 2.15 bits per heavy atom. The first-order valence-corrected chi connectivity index (χ1v) is 8.06. The average Bonchev–Trinajstić information content (AvgIpc) is 2.86. The van der Waals surface area contributed by atoms with Crippen LogP contribution in [0.25, 0.3) is 6.08 Å². The Morgan fingerprint density at radius 3 is 2.80 bits per heavy atom. The smallest absolute Gasteiger partial charge is 0.328 e. The van der Waals surface area contributed by atoms with Crippen molar-refractivity contribution in [2.45, 2.75) is 24.0 Å². The van der Waals surface area contributed by atoms with Crippen LogP contribution in [0, 0.1) is 0 Å². The molecule has 1 aromatic carbocycles. The van der Waals surface area contributed by atoms with Crippen molar-refractivity contribution in [3.8, 4) is 0 Å². The number of thiazole rings is 1. The molecule has 3 nitrogen and oxygen atoms in total. The number of nitrogens with zero attached hydrogens (tertiary/aromatic N) is 1. The Labute approximate surface area is 126 Å². The van der Waals surface area contributed by atoms with E-state index in [0.717, 1.165) is 27.8 Å². The lowest BCUT2D eigenvalue weighted by Gasteiger charge is -1.97. The zero-order valence-electron chi connectivity index (χ0n) is 11.1. The van der Waals surface area contributed by atoms with Gasteiger partial charge in [0.25, 0.3) is 0 Å². The molecule has 0 saturated carbocycles. The summed E-state index contributed by atoms with van der Waals surface area (Å²) < 4.78 is 0. The van der Waals surface area contributed by atoms with Gasteiger partial charge in [-0.2, -0.15) is 0 Å². The van der Waals surface area contributed by atoms with Gasteiger partial charge in [-0.25, -0.2) is 9.78 Å². The average molecular weight is 305 g/mol. The number of aryl methyl sites for hydroxylation is 1. The molecule has 0 atom stereocenters. The topological polar surface area (TPSA) is 50.2 Å². The van der Waals surface area contributed by atoms with Gasteiger partial charge in [0.05, 0.1) is 16.3 Å². The number of carboxylic acid groups (broad SMARTS) is 1. The summed E-state index contributed by atoms with van der Waals surface area (Å²) >= 11 is 3.30. The van der Waals surface area contributed by atoms with Crippen molar-refractivity contribution in [3.05, 3.63) is 52.0 Å². The van der Waals surface area contributed by atoms with E-state index in [4.69, 9.17) is 5.11 Å². The van der Waals surface area contributed by atoms with Crippen LogP contribution in [0.2, 0.25) is 0 Å². The number of carboxylic acids is 1. The highest BCUT2D eigenvalue weighted by Crippen LogP contribution is 2.27. The first kappa shape index (κ1) is 14.8. The Morgan fingerprint density at radius 1 is 1.40 bits per heavy atom. The molecule has 0 aliphatic carbocycles. The van der Waals surface area contributed by atoms with Crippen LogP contribution in [0.5, 0.6) is 0 Å². The summed E-state index contributed by atoms with van der Waals surface area (Å²) in [6.45, 7) is 2.03. The third-order valence-electron chi connectivity index (χ3n) is 2.59. The van der Waals surface area contributed by atoms with Crippen molar-refractivity contribution in [2.24, 2.45) is 0 Å². The van der Waals surface area contributed by atoms with E-state index >= 15 is 0 Å². The fourth-order valence-electron chi connectivity index (χ4n) is 1.67. The third-order valence-corrected chi connectivity index (χ3v) is 4.86. The molecule has 1 aromatic heterocycles. The van der Waals surface area contributed by atoms with Crippen molar-refractivity contribution < 1.29 is 9.90 Å². The maximum Gasteiger partial charge on any atom is 0.328 e. The summed E-state index contributed by atoms with van der Waals surface area (Å²) in [5.74, 6) is -0.122. The number of aromatic nitrogens is 1. The lowest BCUT2D eigenvalue weighted by molar-refractivity contribution is -0.131. The van der Waals surface area contributed by atoms with E-state index in [2.05, 4.69) is 17.1 Å². The molecule has 0 fully saturated rings. The number of thioether (sulfide) groups is 1. The van der Waals surface area contributed by atoms with Gasteiger partial charge in [0.1, 0.15) is 5.01 Å². The molecule has 0 bridgehead atoms. The highest BCUT2D eigenvalue weighted by atomic mass is 32.2. The fraction of sp³-hybridized carbons (Fsp3) is 0.200. The second-order valence-electron chi connectivity index (χ2n) is 4.05. The lowest BCUT2D eigenvalue weighted by Crippen LogP contribution is -1.87. The molecule has 0 saturated heterocycles. The van der Waals surface area contributed by atoms with Gasteiger partial charge in [-0.15, -0.1) is 23.1 Å². The first-order valence-electron chi connectivity index (χ1n) is 6.26. The molecule has 0 aliphatic rings. The summed E-state index contributed by atoms with van der Waals surface area (Å²) in [6.07, 6.45) is 3.61. The zero-order valence-corrected chi connectivity index (χ0v) is 12.7. The van der Waals surface area contributed by atoms with Gasteiger partial charge in [-0.05, 0) is 24.6 Å². The Kier molecular flexibility index (Phi) is 5.38. The molecular weight excluding hydrogens is 290 g/mol. The van der Waals surface area contributed by atoms with Crippen molar-refractivity contribution in [1.29, 1.82) is 0 Å². The largest absolute Gasteiger partial charge is 0.478 e. The fourth-order valence-corrected chi connectivity index (χ4v) is 3.64. The van der Waals surface area contributed by atoms with Gasteiger partial charge in [0, 0.05) is 11.0 Å². The summed E-state index contributed by atoms with van der Waals surface area (Å²) in [5, 5.41) is 9.72. The van der Waals surface area contributed by atoms with Crippen molar-refractivity contribution >= 4 is 35.1 Å². The quantitative estimate of drug-likeness (QED) is 0.645. The second kappa shape index (κ2) is 7.26. The standard InChI is InChI=1S/C15H15NO2S2/c1-2-12-13(8-9-15(17)18)20-14(16-12)10-19-11-6-4-3-5-7-11/h3-9H,2,10H2,1H3,(H,17,18)/b9-8+. The van der Waals surface area contributed by atoms with Gasteiger partial charge in [-0.3, -0.25) is 0 Å². The predicted molar refractivity (Wildman–Crippen MR) is 84.2 cm³/mol. The normalized spacial score (nSPS) is 11.1. The zero-order chi connectivity index (χ0) is 14.4. The van der Waals surface area contributed by atoms with Crippen LogP contribution in [-0.4, -0.2) is 16.1 Å². The molecule has 0 spiro atoms. The second-order valence-corrected chi connectivity index (χ2v) is 6.21. The van der Waals surface area contributed by atoms with Gasteiger partial charge < -0.3 is 5.11 Å². The first-order chi connectivity index (χ1) is 9.69. The van der Waals surface area contributed by atoms with Gasteiger partial charge in [-0.1, -0.05) is 25.1 Å². The van der Waals surface area contributed by atoms with Gasteiger partial charge in [0.2, 0.25) is 0 Å². The Balaban J connectivity index is 2.07. The molecule has 5 heteroatoms. The number of rotatable bonds is 6. The van der Waals surface area contributed by atoms with E-state index in [1.54, 1.807) is 29.2 Å². The molecule has 1 N–H and O–H groups in total. The lowest BCUT2D eigenvalue weighted by atomic mass is 10.3. The van der Waals surface area contributed by atoms with E-state index in [9.17, 15) is 4.79 Å². The Bertz CT molecular complexity index is 606. The summed E-state index contributed by atoms with van der Waals surface area (Å²) in [7, 11) is 0. The molecule has 104 valence electrons. The number of aliphatic carboxylic acids is 1. The Hall–Kier alpha value is -1.59. The minimum absolute atomic E-state index is 0.808. The van der Waals surface area contributed by atoms with Crippen molar-refractivity contribution in [2.75, 3.05) is 0 Å². The summed E-state index contributed by atoms with van der Waals surface area (Å²) in [6, 6.07) is 10.2. The molecular formula is C15H15NO2S2. The maximum atomic E-state index is 10.6. The minimum atomic E-state index is -0.930.